The number of nitrogens with zero attached hydrogens (tertiary/aromatic N) is 3. The molecule has 106 valence electrons. The van der Waals surface area contributed by atoms with Crippen LogP contribution in [0.2, 0.25) is 0 Å². The van der Waals surface area contributed by atoms with Crippen LogP contribution in [0.1, 0.15) is 10.7 Å². The van der Waals surface area contributed by atoms with Crippen molar-refractivity contribution in [2.24, 2.45) is 0 Å². The van der Waals surface area contributed by atoms with E-state index in [4.69, 9.17) is 4.74 Å². The van der Waals surface area contributed by atoms with E-state index in [9.17, 15) is 4.79 Å². The van der Waals surface area contributed by atoms with Crippen molar-refractivity contribution in [3.8, 4) is 5.88 Å². The normalized spacial score (nSPS) is 10.2. The van der Waals surface area contributed by atoms with Gasteiger partial charge in [-0.15, -0.1) is 0 Å². The molecular weight excluding hydrogens is 276 g/mol. The van der Waals surface area contributed by atoms with Crippen LogP contribution in [0, 0.1) is 13.8 Å². The Hall–Kier alpha value is -2.15. The SMILES string of the molecule is Cc1cccc(NC(=O)Oc2nc(C)sc2N(C)C)n1. The van der Waals surface area contributed by atoms with Crippen LogP contribution in [0.25, 0.3) is 0 Å². The van der Waals surface area contributed by atoms with Crippen molar-refractivity contribution in [3.05, 3.63) is 28.9 Å². The molecule has 0 fully saturated rings. The molecule has 6 nitrogen and oxygen atoms in total. The lowest BCUT2D eigenvalue weighted by atomic mass is 10.4. The molecule has 0 radical (unpaired) electrons. The van der Waals surface area contributed by atoms with Gasteiger partial charge in [-0.05, 0) is 26.0 Å². The fourth-order valence-electron chi connectivity index (χ4n) is 1.58. The van der Waals surface area contributed by atoms with Gasteiger partial charge in [0.1, 0.15) is 5.82 Å². The topological polar surface area (TPSA) is 67.3 Å². The molecule has 0 aliphatic carbocycles. The van der Waals surface area contributed by atoms with Gasteiger partial charge in [0.2, 0.25) is 0 Å². The largest absolute Gasteiger partial charge is 0.419 e. The summed E-state index contributed by atoms with van der Waals surface area (Å²) in [4.78, 5) is 22.1. The van der Waals surface area contributed by atoms with Crippen LogP contribution in [0.5, 0.6) is 5.88 Å². The maximum atomic E-state index is 11.9. The number of rotatable bonds is 3. The third kappa shape index (κ3) is 3.45. The van der Waals surface area contributed by atoms with Gasteiger partial charge in [-0.25, -0.2) is 14.8 Å². The van der Waals surface area contributed by atoms with Crippen molar-refractivity contribution < 1.29 is 9.53 Å². The molecule has 7 heteroatoms. The van der Waals surface area contributed by atoms with Gasteiger partial charge < -0.3 is 9.64 Å². The highest BCUT2D eigenvalue weighted by atomic mass is 32.1. The van der Waals surface area contributed by atoms with Gasteiger partial charge in [0.25, 0.3) is 5.88 Å². The molecule has 0 aliphatic heterocycles. The molecule has 0 unspecified atom stereocenters. The number of aryl methyl sites for hydroxylation is 2. The number of hydrogen-bond donors (Lipinski definition) is 1. The van der Waals surface area contributed by atoms with Gasteiger partial charge in [-0.1, -0.05) is 17.4 Å². The summed E-state index contributed by atoms with van der Waals surface area (Å²) >= 11 is 1.47. The average molecular weight is 292 g/mol. The van der Waals surface area contributed by atoms with Crippen LogP contribution < -0.4 is 15.0 Å². The third-order valence-electron chi connectivity index (χ3n) is 2.40. The number of aromatic nitrogens is 2. The fraction of sp³-hybridized carbons (Fsp3) is 0.308. The number of anilines is 2. The van der Waals surface area contributed by atoms with Crippen LogP contribution >= 0.6 is 11.3 Å². The number of ether oxygens (including phenoxy) is 1. The monoisotopic (exact) mass is 292 g/mol. The minimum absolute atomic E-state index is 0.308. The van der Waals surface area contributed by atoms with E-state index in [-0.39, 0.29) is 0 Å². The van der Waals surface area contributed by atoms with E-state index in [0.29, 0.717) is 11.7 Å². The molecule has 0 aromatic carbocycles. The number of amides is 1. The van der Waals surface area contributed by atoms with Crippen molar-refractivity contribution in [2.45, 2.75) is 13.8 Å². The van der Waals surface area contributed by atoms with Crippen molar-refractivity contribution >= 4 is 28.2 Å². The Balaban J connectivity index is 2.08. The van der Waals surface area contributed by atoms with Gasteiger partial charge in [-0.3, -0.25) is 5.32 Å². The highest BCUT2D eigenvalue weighted by Gasteiger charge is 2.16. The second-order valence-electron chi connectivity index (χ2n) is 4.42. The molecule has 0 atom stereocenters. The summed E-state index contributed by atoms with van der Waals surface area (Å²) in [6.07, 6.45) is -0.600. The molecule has 0 saturated carbocycles. The van der Waals surface area contributed by atoms with Gasteiger partial charge >= 0.3 is 6.09 Å². The van der Waals surface area contributed by atoms with E-state index in [2.05, 4.69) is 15.3 Å². The molecule has 1 amide bonds. The first kappa shape index (κ1) is 14.3. The molecule has 2 rings (SSSR count). The number of hydrogen-bond acceptors (Lipinski definition) is 6. The van der Waals surface area contributed by atoms with E-state index < -0.39 is 6.09 Å². The molecule has 0 bridgehead atoms. The summed E-state index contributed by atoms with van der Waals surface area (Å²) in [6.45, 7) is 3.72. The van der Waals surface area contributed by atoms with Crippen molar-refractivity contribution in [2.75, 3.05) is 24.3 Å². The van der Waals surface area contributed by atoms with Crippen molar-refractivity contribution in [3.63, 3.8) is 0 Å². The van der Waals surface area contributed by atoms with Crippen molar-refractivity contribution in [1.29, 1.82) is 0 Å². The standard InChI is InChI=1S/C13H16N4O2S/c1-8-6-5-7-10(14-8)16-13(18)19-11-12(17(3)4)20-9(2)15-11/h5-7H,1-4H3,(H,14,16,18). The zero-order valence-electron chi connectivity index (χ0n) is 11.8. The highest BCUT2D eigenvalue weighted by Crippen LogP contribution is 2.33. The Labute approximate surface area is 121 Å². The lowest BCUT2D eigenvalue weighted by Crippen LogP contribution is -2.19. The molecule has 2 aromatic heterocycles. The molecule has 20 heavy (non-hydrogen) atoms. The van der Waals surface area contributed by atoms with E-state index in [1.165, 1.54) is 11.3 Å². The molecule has 2 heterocycles. The Bertz CT molecular complexity index is 625. The van der Waals surface area contributed by atoms with Crippen LogP contribution in [0.15, 0.2) is 18.2 Å². The van der Waals surface area contributed by atoms with E-state index >= 15 is 0 Å². The first-order valence-electron chi connectivity index (χ1n) is 6.03. The molecule has 0 saturated heterocycles. The number of nitrogens with one attached hydrogen (secondary N) is 1. The van der Waals surface area contributed by atoms with E-state index in [0.717, 1.165) is 15.7 Å². The first-order chi connectivity index (χ1) is 9.45. The zero-order chi connectivity index (χ0) is 14.7. The summed E-state index contributed by atoms with van der Waals surface area (Å²) < 4.78 is 5.24. The predicted molar refractivity (Wildman–Crippen MR) is 79.8 cm³/mol. The summed E-state index contributed by atoms with van der Waals surface area (Å²) in [5, 5.41) is 4.22. The molecule has 0 spiro atoms. The number of carbonyl (C=O) groups is 1. The van der Waals surface area contributed by atoms with Crippen LogP contribution in [0.3, 0.4) is 0 Å². The first-order valence-corrected chi connectivity index (χ1v) is 6.84. The molecular formula is C13H16N4O2S. The lowest BCUT2D eigenvalue weighted by molar-refractivity contribution is 0.213. The predicted octanol–water partition coefficient (Wildman–Crippen LogP) is 2.83. The number of pyridine rings is 1. The summed E-state index contributed by atoms with van der Waals surface area (Å²) in [5.41, 5.74) is 0.821. The minimum Gasteiger partial charge on any atom is -0.388 e. The van der Waals surface area contributed by atoms with Gasteiger partial charge in [-0.2, -0.15) is 0 Å². The Morgan fingerprint density at radius 1 is 1.30 bits per heavy atom. The maximum absolute atomic E-state index is 11.9. The minimum atomic E-state index is -0.600. The molecule has 1 N–H and O–H groups in total. The van der Waals surface area contributed by atoms with E-state index in [1.54, 1.807) is 6.07 Å². The number of thiazole rings is 1. The average Bonchev–Trinajstić information content (AvgIpc) is 2.70. The van der Waals surface area contributed by atoms with Crippen LogP contribution in [-0.2, 0) is 0 Å². The second-order valence-corrected chi connectivity index (χ2v) is 5.60. The highest BCUT2D eigenvalue weighted by molar-refractivity contribution is 7.16. The lowest BCUT2D eigenvalue weighted by Gasteiger charge is -2.11. The van der Waals surface area contributed by atoms with Crippen LogP contribution in [0.4, 0.5) is 15.6 Å². The summed E-state index contributed by atoms with van der Waals surface area (Å²) in [7, 11) is 3.75. The fourth-order valence-corrected chi connectivity index (χ4v) is 2.34. The van der Waals surface area contributed by atoms with E-state index in [1.807, 2.05) is 45.0 Å². The van der Waals surface area contributed by atoms with Gasteiger partial charge in [0, 0.05) is 19.8 Å². The summed E-state index contributed by atoms with van der Waals surface area (Å²) in [6, 6.07) is 5.37. The Kier molecular flexibility index (Phi) is 4.19. The maximum Gasteiger partial charge on any atom is 0.419 e. The third-order valence-corrected chi connectivity index (χ3v) is 3.52. The second kappa shape index (κ2) is 5.87. The molecule has 2 aromatic rings. The Morgan fingerprint density at radius 3 is 2.70 bits per heavy atom. The smallest absolute Gasteiger partial charge is 0.388 e. The number of carbonyl (C=O) groups excluding carboxylic acids is 1. The van der Waals surface area contributed by atoms with Gasteiger partial charge in [0.05, 0.1) is 5.01 Å². The summed E-state index contributed by atoms with van der Waals surface area (Å²) in [5.74, 6) is 0.760. The van der Waals surface area contributed by atoms with Crippen molar-refractivity contribution in [1.82, 2.24) is 9.97 Å². The Morgan fingerprint density at radius 2 is 2.05 bits per heavy atom. The quantitative estimate of drug-likeness (QED) is 0.942. The zero-order valence-corrected chi connectivity index (χ0v) is 12.6. The van der Waals surface area contributed by atoms with Crippen LogP contribution in [-0.4, -0.2) is 30.2 Å². The van der Waals surface area contributed by atoms with Gasteiger partial charge in [0.15, 0.2) is 5.00 Å². The molecule has 0 aliphatic rings.